The van der Waals surface area contributed by atoms with Crippen molar-refractivity contribution in [2.45, 2.75) is 24.7 Å². The van der Waals surface area contributed by atoms with Crippen molar-refractivity contribution in [3.63, 3.8) is 0 Å². The summed E-state index contributed by atoms with van der Waals surface area (Å²) in [4.78, 5) is 26.3. The van der Waals surface area contributed by atoms with Crippen LogP contribution < -0.4 is 28.0 Å². The van der Waals surface area contributed by atoms with E-state index >= 15 is 0 Å². The van der Waals surface area contributed by atoms with Gasteiger partial charge in [0.1, 0.15) is 12.5 Å². The number of aromatic nitrogens is 2. The molecule has 0 radical (unpaired) electrons. The molecule has 4 atom stereocenters. The van der Waals surface area contributed by atoms with Gasteiger partial charge in [0.05, 0.1) is 6.61 Å². The maximum Gasteiger partial charge on any atom is 0.372 e. The van der Waals surface area contributed by atoms with E-state index in [1.807, 2.05) is 5.09 Å². The molecule has 1 aromatic rings. The average molecular weight is 429 g/mol. The lowest BCUT2D eigenvalue weighted by molar-refractivity contribution is -0.293. The number of ether oxygens (including phenoxy) is 2. The van der Waals surface area contributed by atoms with Crippen LogP contribution in [0.1, 0.15) is 6.23 Å². The van der Waals surface area contributed by atoms with Gasteiger partial charge in [0.15, 0.2) is 12.4 Å². The Bertz CT molecular complexity index is 797. The molecule has 28 heavy (non-hydrogen) atoms. The van der Waals surface area contributed by atoms with Crippen LogP contribution in [0.25, 0.3) is 0 Å². The van der Waals surface area contributed by atoms with Crippen LogP contribution in [0, 0.1) is 0 Å². The van der Waals surface area contributed by atoms with Crippen molar-refractivity contribution in [3.05, 3.63) is 22.7 Å². The van der Waals surface area contributed by atoms with Gasteiger partial charge in [-0.05, 0) is 6.07 Å². The van der Waals surface area contributed by atoms with Crippen molar-refractivity contribution >= 4 is 20.0 Å². The summed E-state index contributed by atoms with van der Waals surface area (Å²) < 4.78 is 54.7. The normalized spacial score (nSPS) is 24.0. The van der Waals surface area contributed by atoms with E-state index in [0.717, 1.165) is 12.3 Å². The number of hydrogen-bond acceptors (Lipinski definition) is 12. The Labute approximate surface area is 156 Å². The van der Waals surface area contributed by atoms with E-state index in [2.05, 4.69) is 9.72 Å². The first-order valence-electron chi connectivity index (χ1n) is 7.49. The van der Waals surface area contributed by atoms with Gasteiger partial charge in [-0.3, -0.25) is 14.9 Å². The number of anilines is 1. The number of nitrogens with zero attached hydrogens (tertiary/aromatic N) is 3. The summed E-state index contributed by atoms with van der Waals surface area (Å²) >= 11 is 0. The van der Waals surface area contributed by atoms with Crippen LogP contribution in [0.15, 0.2) is 17.1 Å². The van der Waals surface area contributed by atoms with Gasteiger partial charge in [-0.2, -0.15) is 13.8 Å². The summed E-state index contributed by atoms with van der Waals surface area (Å²) in [7, 11) is -3.22. The molecule has 1 aliphatic rings. The summed E-state index contributed by atoms with van der Waals surface area (Å²) in [6, 6.07) is -2.98. The van der Waals surface area contributed by atoms with Crippen LogP contribution >= 0.6 is 8.18 Å². The number of nitrogens with two attached hydrogens (primary N) is 3. The molecular weight excluding hydrogens is 411 g/mol. The van der Waals surface area contributed by atoms with Crippen molar-refractivity contribution in [2.24, 2.45) is 11.5 Å². The molecule has 0 bridgehead atoms. The fourth-order valence-electron chi connectivity index (χ4n) is 2.09. The third kappa shape index (κ3) is 4.86. The predicted molar refractivity (Wildman–Crippen MR) is 86.6 cm³/mol. The van der Waals surface area contributed by atoms with Gasteiger partial charge in [0, 0.05) is 6.20 Å². The predicted octanol–water partition coefficient (Wildman–Crippen LogP) is -2.30. The number of alkyl halides is 2. The molecule has 0 aromatic carbocycles. The SMILES string of the molecule is NCOC(=O)[C@H](N)N[PH](=O)OC[C@H]1O[C@@H](n2ccc(N)nc2=O)C(F)(F)N1O. The first kappa shape index (κ1) is 22.3. The number of hydrogen-bond donors (Lipinski definition) is 5. The van der Waals surface area contributed by atoms with Crippen LogP contribution in [0.5, 0.6) is 0 Å². The number of carbonyl (C=O) groups excluding carboxylic acids is 1. The van der Waals surface area contributed by atoms with Crippen molar-refractivity contribution < 1.29 is 37.3 Å². The summed E-state index contributed by atoms with van der Waals surface area (Å²) in [5.41, 5.74) is 14.4. The van der Waals surface area contributed by atoms with Crippen molar-refractivity contribution in [3.8, 4) is 0 Å². The highest BCUT2D eigenvalue weighted by atomic mass is 31.1. The number of nitrogen functional groups attached to an aromatic ring is 1. The summed E-state index contributed by atoms with van der Waals surface area (Å²) in [5.74, 6) is -1.22. The van der Waals surface area contributed by atoms with Gasteiger partial charge in [-0.1, -0.05) is 5.06 Å². The topological polar surface area (TPSA) is 210 Å². The minimum atomic E-state index is -4.06. The molecule has 0 aliphatic carbocycles. The molecule has 1 fully saturated rings. The van der Waals surface area contributed by atoms with E-state index in [1.165, 1.54) is 0 Å². The van der Waals surface area contributed by atoms with Crippen LogP contribution in [0.2, 0.25) is 0 Å². The molecule has 17 heteroatoms. The van der Waals surface area contributed by atoms with Gasteiger partial charge in [0.2, 0.25) is 6.23 Å². The van der Waals surface area contributed by atoms with E-state index < -0.39 is 62.9 Å². The summed E-state index contributed by atoms with van der Waals surface area (Å²) in [6.45, 7) is -1.29. The van der Waals surface area contributed by atoms with E-state index in [-0.39, 0.29) is 5.82 Å². The van der Waals surface area contributed by atoms with Gasteiger partial charge in [-0.25, -0.2) is 14.7 Å². The Balaban J connectivity index is 2.01. The molecule has 0 saturated carbocycles. The van der Waals surface area contributed by atoms with E-state index in [9.17, 15) is 28.1 Å². The second-order valence-corrected chi connectivity index (χ2v) is 6.42. The Morgan fingerprint density at radius 1 is 1.57 bits per heavy atom. The molecule has 158 valence electrons. The van der Waals surface area contributed by atoms with E-state index in [4.69, 9.17) is 26.5 Å². The van der Waals surface area contributed by atoms with Gasteiger partial charge in [0.25, 0.3) is 8.18 Å². The molecule has 1 unspecified atom stereocenters. The third-order valence-electron chi connectivity index (χ3n) is 3.38. The highest BCUT2D eigenvalue weighted by Crippen LogP contribution is 2.41. The number of carbonyl (C=O) groups is 1. The van der Waals surface area contributed by atoms with Gasteiger partial charge < -0.3 is 30.7 Å². The molecule has 1 aromatic heterocycles. The minimum Gasteiger partial charge on any atom is -0.448 e. The Morgan fingerprint density at radius 2 is 2.25 bits per heavy atom. The maximum atomic E-state index is 14.2. The fraction of sp³-hybridized carbons (Fsp3) is 0.545. The summed E-state index contributed by atoms with van der Waals surface area (Å²) in [5, 5.41) is 11.2. The molecule has 14 nitrogen and oxygen atoms in total. The minimum absolute atomic E-state index is 0.197. The standard InChI is InChI=1S/C11H18F2N7O7P/c12-11(13)9(19-2-1-5(15)17-10(19)22)27-6(20(11)23)3-26-28(24)18-7(16)8(21)25-4-14/h1-2,6-7,9,23,28H,3-4,14,16H2,(H,18,24)(H2,15,17,22)/t6-,7-,9-/m1/s1. The Morgan fingerprint density at radius 3 is 2.86 bits per heavy atom. The smallest absolute Gasteiger partial charge is 0.372 e. The first-order chi connectivity index (χ1) is 13.1. The molecule has 1 saturated heterocycles. The zero-order valence-electron chi connectivity index (χ0n) is 14.0. The third-order valence-corrected chi connectivity index (χ3v) is 4.35. The number of rotatable bonds is 8. The molecule has 0 amide bonds. The molecular formula is C11H18F2N7O7P. The fourth-order valence-corrected chi connectivity index (χ4v) is 2.84. The highest BCUT2D eigenvalue weighted by Gasteiger charge is 2.58. The summed E-state index contributed by atoms with van der Waals surface area (Å²) in [6.07, 6.45) is -4.71. The van der Waals surface area contributed by atoms with Gasteiger partial charge >= 0.3 is 17.7 Å². The number of nitrogens with one attached hydrogen (secondary N) is 1. The lowest BCUT2D eigenvalue weighted by atomic mass is 10.4. The van der Waals surface area contributed by atoms with E-state index in [0.29, 0.717) is 4.57 Å². The Kier molecular flexibility index (Phi) is 7.13. The van der Waals surface area contributed by atoms with Crippen molar-refractivity contribution in [1.82, 2.24) is 19.7 Å². The van der Waals surface area contributed by atoms with Gasteiger partial charge in [-0.15, -0.1) is 0 Å². The van der Waals surface area contributed by atoms with Crippen LogP contribution in [-0.4, -0.2) is 57.6 Å². The number of hydroxylamine groups is 2. The van der Waals surface area contributed by atoms with Crippen LogP contribution in [-0.2, 0) is 23.4 Å². The zero-order chi connectivity index (χ0) is 21.1. The molecule has 2 heterocycles. The maximum absolute atomic E-state index is 14.2. The second kappa shape index (κ2) is 8.97. The Hall–Kier alpha value is -2.04. The highest BCUT2D eigenvalue weighted by molar-refractivity contribution is 7.36. The van der Waals surface area contributed by atoms with Crippen LogP contribution in [0.4, 0.5) is 14.6 Å². The lowest BCUT2D eigenvalue weighted by Crippen LogP contribution is -2.45. The van der Waals surface area contributed by atoms with E-state index in [1.54, 1.807) is 0 Å². The largest absolute Gasteiger partial charge is 0.448 e. The molecule has 8 N–H and O–H groups in total. The van der Waals surface area contributed by atoms with Crippen molar-refractivity contribution in [1.29, 1.82) is 0 Å². The lowest BCUT2D eigenvalue weighted by Gasteiger charge is -2.22. The quantitative estimate of drug-likeness (QED) is 0.128. The number of halogens is 2. The molecule has 0 spiro atoms. The monoisotopic (exact) mass is 429 g/mol. The molecule has 1 aliphatic heterocycles. The van der Waals surface area contributed by atoms with Crippen LogP contribution in [0.3, 0.4) is 0 Å². The molecule has 2 rings (SSSR count). The average Bonchev–Trinajstić information content (AvgIpc) is 2.83. The number of esters is 1. The first-order valence-corrected chi connectivity index (χ1v) is 8.81. The second-order valence-electron chi connectivity index (χ2n) is 5.27. The van der Waals surface area contributed by atoms with Crippen molar-refractivity contribution in [2.75, 3.05) is 19.1 Å². The zero-order valence-corrected chi connectivity index (χ0v) is 15.0.